The third kappa shape index (κ3) is 6.40. The average Bonchev–Trinajstić information content (AvgIpc) is 3.54. The fraction of sp³-hybridized carbons (Fsp3) is 0.320. The highest BCUT2D eigenvalue weighted by atomic mass is 32.1. The lowest BCUT2D eigenvalue weighted by Crippen LogP contribution is -2.24. The first-order valence-corrected chi connectivity index (χ1v) is 12.7. The molecule has 1 aromatic carbocycles. The van der Waals surface area contributed by atoms with Crippen molar-refractivity contribution < 1.29 is 31.8 Å². The van der Waals surface area contributed by atoms with Gasteiger partial charge in [-0.1, -0.05) is 17.4 Å². The fourth-order valence-electron chi connectivity index (χ4n) is 4.42. The zero-order valence-electron chi connectivity index (χ0n) is 20.5. The lowest BCUT2D eigenvalue weighted by Gasteiger charge is -2.20. The number of aromatic nitrogens is 5. The first kappa shape index (κ1) is 26.7. The Hall–Kier alpha value is -3.91. The summed E-state index contributed by atoms with van der Waals surface area (Å²) in [6.45, 7) is 0. The van der Waals surface area contributed by atoms with E-state index in [0.717, 1.165) is 66.9 Å². The van der Waals surface area contributed by atoms with Gasteiger partial charge in [0.2, 0.25) is 5.13 Å². The van der Waals surface area contributed by atoms with Crippen molar-refractivity contribution in [1.82, 2.24) is 25.4 Å². The second-order valence-electron chi connectivity index (χ2n) is 8.92. The number of nitrogens with zero attached hydrogens (tertiary/aromatic N) is 4. The van der Waals surface area contributed by atoms with Crippen LogP contribution in [0.4, 0.5) is 22.7 Å². The van der Waals surface area contributed by atoms with Gasteiger partial charge in [0, 0.05) is 30.7 Å². The van der Waals surface area contributed by atoms with Crippen molar-refractivity contribution in [2.45, 2.75) is 38.1 Å². The van der Waals surface area contributed by atoms with E-state index in [4.69, 9.17) is 4.74 Å². The number of hydrogen-bond donors (Lipinski definition) is 2. The van der Waals surface area contributed by atoms with Crippen molar-refractivity contribution >= 4 is 39.0 Å². The van der Waals surface area contributed by atoms with Gasteiger partial charge in [0.15, 0.2) is 11.8 Å². The largest absolute Gasteiger partial charge is 0.573 e. The Morgan fingerprint density at radius 2 is 2.05 bits per heavy atom. The van der Waals surface area contributed by atoms with Crippen LogP contribution >= 0.6 is 11.3 Å². The van der Waals surface area contributed by atoms with Crippen LogP contribution in [0.5, 0.6) is 5.75 Å². The van der Waals surface area contributed by atoms with E-state index in [-0.39, 0.29) is 5.13 Å². The van der Waals surface area contributed by atoms with E-state index in [1.165, 1.54) is 11.3 Å². The van der Waals surface area contributed by atoms with Crippen molar-refractivity contribution in [3.05, 3.63) is 64.7 Å². The molecule has 0 spiro atoms. The Labute approximate surface area is 223 Å². The van der Waals surface area contributed by atoms with Crippen LogP contribution in [0.15, 0.2) is 42.6 Å². The molecule has 0 saturated heterocycles. The Kier molecular flexibility index (Phi) is 7.57. The third-order valence-electron chi connectivity index (χ3n) is 6.27. The van der Waals surface area contributed by atoms with E-state index < -0.39 is 35.5 Å². The maximum Gasteiger partial charge on any atom is 0.573 e. The summed E-state index contributed by atoms with van der Waals surface area (Å²) in [4.78, 5) is 15.8. The van der Waals surface area contributed by atoms with Gasteiger partial charge >= 0.3 is 6.36 Å². The van der Waals surface area contributed by atoms with E-state index in [2.05, 4.69) is 41.5 Å². The number of amides is 1. The highest BCUT2D eigenvalue weighted by Crippen LogP contribution is 2.33. The van der Waals surface area contributed by atoms with Gasteiger partial charge in [0.05, 0.1) is 5.69 Å². The van der Waals surface area contributed by atoms with Crippen molar-refractivity contribution in [2.75, 3.05) is 12.4 Å². The van der Waals surface area contributed by atoms with Gasteiger partial charge in [-0.3, -0.25) is 10.1 Å². The number of rotatable bonds is 8. The van der Waals surface area contributed by atoms with Gasteiger partial charge in [-0.15, -0.1) is 33.6 Å². The molecule has 3 heterocycles. The van der Waals surface area contributed by atoms with E-state index in [1.807, 2.05) is 18.3 Å². The fourth-order valence-corrected chi connectivity index (χ4v) is 5.28. The van der Waals surface area contributed by atoms with Crippen LogP contribution in [-0.2, 0) is 16.0 Å². The Morgan fingerprint density at radius 1 is 1.21 bits per heavy atom. The standard InChI is InChI=1S/C25H22F4N6O3S/c1-37-21(17-12-16(6-7-18(17)26)38-25(27,28)29)23(36)31-24-35-33-20(39-24)10-13-2-4-14(5-3-13)19-11-15-8-9-30-22(15)34-32-19/h4,6-9,11-13,21H,2-3,5,10H2,1H3,(H,30,34)(H,31,35,36)/t13-,21+/m0/s1. The highest BCUT2D eigenvalue weighted by molar-refractivity contribution is 7.15. The summed E-state index contributed by atoms with van der Waals surface area (Å²) in [6.07, 6.45) is 0.718. The molecule has 0 radical (unpaired) electrons. The van der Waals surface area contributed by atoms with Gasteiger partial charge in [0.1, 0.15) is 16.6 Å². The van der Waals surface area contributed by atoms with Crippen molar-refractivity contribution in [1.29, 1.82) is 0 Å². The molecule has 204 valence electrons. The lowest BCUT2D eigenvalue weighted by atomic mass is 9.86. The molecular formula is C25H22F4N6O3S. The van der Waals surface area contributed by atoms with Crippen LogP contribution in [0.25, 0.3) is 16.6 Å². The molecule has 1 aliphatic carbocycles. The molecule has 0 aliphatic heterocycles. The molecule has 1 aliphatic rings. The summed E-state index contributed by atoms with van der Waals surface area (Å²) in [5, 5.41) is 21.0. The summed E-state index contributed by atoms with van der Waals surface area (Å²) in [5.41, 5.74) is 2.35. The summed E-state index contributed by atoms with van der Waals surface area (Å²) in [7, 11) is 1.14. The van der Waals surface area contributed by atoms with Gasteiger partial charge in [-0.2, -0.15) is 0 Å². The number of aromatic amines is 1. The van der Waals surface area contributed by atoms with E-state index in [0.29, 0.717) is 17.3 Å². The summed E-state index contributed by atoms with van der Waals surface area (Å²) in [6, 6.07) is 6.33. The minimum Gasteiger partial charge on any atom is -0.406 e. The van der Waals surface area contributed by atoms with Gasteiger partial charge in [0.25, 0.3) is 5.91 Å². The number of allylic oxidation sites excluding steroid dienone is 2. The molecular weight excluding hydrogens is 540 g/mol. The monoisotopic (exact) mass is 562 g/mol. The lowest BCUT2D eigenvalue weighted by molar-refractivity contribution is -0.274. The van der Waals surface area contributed by atoms with E-state index in [9.17, 15) is 22.4 Å². The third-order valence-corrected chi connectivity index (χ3v) is 7.13. The number of methoxy groups -OCH3 is 1. The number of halogens is 4. The van der Waals surface area contributed by atoms with Crippen LogP contribution in [0.2, 0.25) is 0 Å². The number of nitrogens with one attached hydrogen (secondary N) is 2. The molecule has 0 unspecified atom stereocenters. The van der Waals surface area contributed by atoms with Crippen LogP contribution in [0.3, 0.4) is 0 Å². The number of fused-ring (bicyclic) bond motifs is 1. The number of H-pyrrole nitrogens is 1. The van der Waals surface area contributed by atoms with Crippen LogP contribution in [-0.4, -0.2) is 44.8 Å². The molecule has 9 nitrogen and oxygen atoms in total. The maximum atomic E-state index is 14.4. The van der Waals surface area contributed by atoms with Gasteiger partial charge in [-0.05, 0) is 61.1 Å². The molecule has 14 heteroatoms. The zero-order valence-corrected chi connectivity index (χ0v) is 21.3. The molecule has 2 atom stereocenters. The zero-order chi connectivity index (χ0) is 27.6. The predicted molar refractivity (Wildman–Crippen MR) is 134 cm³/mol. The average molecular weight is 563 g/mol. The van der Waals surface area contributed by atoms with Gasteiger partial charge in [-0.25, -0.2) is 4.39 Å². The predicted octanol–water partition coefficient (Wildman–Crippen LogP) is 5.60. The first-order chi connectivity index (χ1) is 18.7. The Balaban J connectivity index is 1.20. The molecule has 0 fully saturated rings. The quantitative estimate of drug-likeness (QED) is 0.269. The molecule has 39 heavy (non-hydrogen) atoms. The number of carbonyl (C=O) groups is 1. The van der Waals surface area contributed by atoms with Gasteiger partial charge < -0.3 is 14.5 Å². The maximum absolute atomic E-state index is 14.4. The highest BCUT2D eigenvalue weighted by Gasteiger charge is 2.32. The topological polar surface area (TPSA) is 115 Å². The molecule has 2 N–H and O–H groups in total. The smallest absolute Gasteiger partial charge is 0.406 e. The molecule has 0 saturated carbocycles. The SMILES string of the molecule is CO[C@@H](C(=O)Nc1nnc(C[C@H]2CC=C(c3cc4cc[nH]c4nn3)CC2)s1)c1cc(OC(F)(F)F)ccc1F. The van der Waals surface area contributed by atoms with Crippen molar-refractivity contribution in [3.63, 3.8) is 0 Å². The number of benzene rings is 1. The normalized spacial score (nSPS) is 16.6. The van der Waals surface area contributed by atoms with Crippen LogP contribution in [0.1, 0.15) is 41.6 Å². The molecule has 3 aromatic heterocycles. The first-order valence-electron chi connectivity index (χ1n) is 11.9. The second kappa shape index (κ2) is 11.1. The summed E-state index contributed by atoms with van der Waals surface area (Å²) < 4.78 is 60.9. The van der Waals surface area contributed by atoms with E-state index >= 15 is 0 Å². The Morgan fingerprint density at radius 3 is 2.79 bits per heavy atom. The number of hydrogen-bond acceptors (Lipinski definition) is 8. The minimum absolute atomic E-state index is 0.169. The number of carbonyl (C=O) groups excluding carboxylic acids is 1. The van der Waals surface area contributed by atoms with Crippen LogP contribution in [0, 0.1) is 11.7 Å². The number of anilines is 1. The van der Waals surface area contributed by atoms with Crippen molar-refractivity contribution in [3.8, 4) is 5.75 Å². The number of alkyl halides is 3. The second-order valence-corrected chi connectivity index (χ2v) is 9.98. The molecule has 4 aromatic rings. The summed E-state index contributed by atoms with van der Waals surface area (Å²) in [5.74, 6) is -2.08. The molecule has 0 bridgehead atoms. The Bertz CT molecular complexity index is 1520. The summed E-state index contributed by atoms with van der Waals surface area (Å²) >= 11 is 1.17. The number of ether oxygens (including phenoxy) is 2. The molecule has 1 amide bonds. The van der Waals surface area contributed by atoms with Crippen LogP contribution < -0.4 is 10.1 Å². The van der Waals surface area contributed by atoms with Crippen molar-refractivity contribution in [2.24, 2.45) is 5.92 Å². The minimum atomic E-state index is -4.97. The molecule has 5 rings (SSSR count). The van der Waals surface area contributed by atoms with E-state index in [1.54, 1.807) is 0 Å².